The van der Waals surface area contributed by atoms with Crippen molar-refractivity contribution in [2.45, 2.75) is 44.3 Å². The van der Waals surface area contributed by atoms with Crippen molar-refractivity contribution in [3.05, 3.63) is 47.5 Å². The Hall–Kier alpha value is -1.97. The van der Waals surface area contributed by atoms with E-state index >= 15 is 0 Å². The van der Waals surface area contributed by atoms with E-state index in [0.717, 1.165) is 23.6 Å². The van der Waals surface area contributed by atoms with E-state index in [1.165, 1.54) is 0 Å². The summed E-state index contributed by atoms with van der Waals surface area (Å²) < 4.78 is 6.96. The molecule has 0 aromatic heterocycles. The monoisotopic (exact) mass is 388 g/mol. The van der Waals surface area contributed by atoms with Gasteiger partial charge < -0.3 is 26.1 Å². The van der Waals surface area contributed by atoms with E-state index in [2.05, 4.69) is 26.2 Å². The molecule has 1 fully saturated rings. The van der Waals surface area contributed by atoms with Crippen molar-refractivity contribution in [2.75, 3.05) is 11.5 Å². The molecule has 1 aliphatic rings. The average molecular weight is 389 g/mol. The summed E-state index contributed by atoms with van der Waals surface area (Å²) in [6, 6.07) is 11.7. The Morgan fingerprint density at radius 1 is 0.885 bits per heavy atom. The smallest absolute Gasteiger partial charge is 0.175 e. The first kappa shape index (κ1) is 18.8. The van der Waals surface area contributed by atoms with Crippen LogP contribution in [0.25, 0.3) is 0 Å². The molecule has 5 nitrogen and oxygen atoms in total. The van der Waals surface area contributed by atoms with Gasteiger partial charge in [0, 0.05) is 0 Å². The SMILES string of the molecule is C[Si]1(C)CCC(c2ccc(O)c(N)c2)(c2ccc(O)c(N)c2)O[Si]1(C)C. The second-order valence-electron chi connectivity index (χ2n) is 8.37. The van der Waals surface area contributed by atoms with Gasteiger partial charge >= 0.3 is 0 Å². The molecule has 0 unspecified atom stereocenters. The fourth-order valence-corrected chi connectivity index (χ4v) is 10.2. The van der Waals surface area contributed by atoms with Crippen molar-refractivity contribution >= 4 is 26.8 Å². The van der Waals surface area contributed by atoms with Crippen LogP contribution >= 0.6 is 0 Å². The molecule has 0 atom stereocenters. The third-order valence-corrected chi connectivity index (χ3v) is 22.6. The van der Waals surface area contributed by atoms with Gasteiger partial charge in [0.2, 0.25) is 0 Å². The van der Waals surface area contributed by atoms with Crippen molar-refractivity contribution in [3.8, 4) is 11.5 Å². The summed E-state index contributed by atoms with van der Waals surface area (Å²) in [7, 11) is -3.42. The number of phenols is 2. The van der Waals surface area contributed by atoms with Crippen LogP contribution < -0.4 is 11.5 Å². The molecule has 140 valence electrons. The number of phenolic OH excluding ortho intramolecular Hbond substituents is 2. The third kappa shape index (κ3) is 2.89. The maximum atomic E-state index is 9.86. The second-order valence-corrected chi connectivity index (χ2v) is 23.5. The van der Waals surface area contributed by atoms with Gasteiger partial charge in [-0.05, 0) is 54.9 Å². The molecule has 0 aliphatic carbocycles. The first-order chi connectivity index (χ1) is 12.0. The predicted octanol–water partition coefficient (Wildman–Crippen LogP) is 3.92. The van der Waals surface area contributed by atoms with Crippen molar-refractivity contribution < 1.29 is 14.6 Å². The van der Waals surface area contributed by atoms with Crippen LogP contribution in [0.1, 0.15) is 17.5 Å². The first-order valence-electron chi connectivity index (χ1n) is 8.87. The fourth-order valence-electron chi connectivity index (χ4n) is 3.60. The Bertz CT molecular complexity index is 801. The van der Waals surface area contributed by atoms with Crippen LogP contribution in [0.3, 0.4) is 0 Å². The lowest BCUT2D eigenvalue weighted by Gasteiger charge is -2.52. The van der Waals surface area contributed by atoms with Gasteiger partial charge in [0.1, 0.15) is 17.1 Å². The van der Waals surface area contributed by atoms with Crippen LogP contribution in [-0.2, 0) is 10.0 Å². The number of hydrogen-bond acceptors (Lipinski definition) is 5. The van der Waals surface area contributed by atoms with E-state index in [-0.39, 0.29) is 11.5 Å². The summed E-state index contributed by atoms with van der Waals surface area (Å²) in [4.78, 5) is 0. The highest BCUT2D eigenvalue weighted by molar-refractivity contribution is 7.38. The Morgan fingerprint density at radius 3 is 1.73 bits per heavy atom. The van der Waals surface area contributed by atoms with E-state index in [1.807, 2.05) is 12.1 Å². The maximum absolute atomic E-state index is 9.86. The molecular weight excluding hydrogens is 360 g/mol. The molecule has 0 radical (unpaired) electrons. The quantitative estimate of drug-likeness (QED) is 0.355. The molecule has 3 rings (SSSR count). The zero-order valence-corrected chi connectivity index (χ0v) is 17.8. The van der Waals surface area contributed by atoms with Crippen LogP contribution in [0.2, 0.25) is 32.2 Å². The molecule has 1 aliphatic heterocycles. The summed E-state index contributed by atoms with van der Waals surface area (Å²) in [5, 5.41) is 19.7. The van der Waals surface area contributed by atoms with Crippen molar-refractivity contribution in [1.29, 1.82) is 0 Å². The molecule has 0 bridgehead atoms. The predicted molar refractivity (Wildman–Crippen MR) is 111 cm³/mol. The van der Waals surface area contributed by atoms with Gasteiger partial charge in [-0.1, -0.05) is 31.3 Å². The van der Waals surface area contributed by atoms with Crippen LogP contribution in [0.4, 0.5) is 11.4 Å². The van der Waals surface area contributed by atoms with Crippen molar-refractivity contribution in [1.82, 2.24) is 0 Å². The Labute approximate surface area is 156 Å². The maximum Gasteiger partial charge on any atom is 0.175 e. The zero-order valence-electron chi connectivity index (χ0n) is 15.8. The minimum Gasteiger partial charge on any atom is -0.506 e. The van der Waals surface area contributed by atoms with Gasteiger partial charge in [-0.15, -0.1) is 0 Å². The van der Waals surface area contributed by atoms with Gasteiger partial charge in [-0.2, -0.15) is 0 Å². The van der Waals surface area contributed by atoms with E-state index in [0.29, 0.717) is 11.4 Å². The van der Waals surface area contributed by atoms with E-state index in [9.17, 15) is 10.2 Å². The molecule has 6 N–H and O–H groups in total. The average Bonchev–Trinajstić information content (AvgIpc) is 2.55. The molecule has 26 heavy (non-hydrogen) atoms. The van der Waals surface area contributed by atoms with Gasteiger partial charge in [-0.25, -0.2) is 0 Å². The lowest BCUT2D eigenvalue weighted by Crippen LogP contribution is -2.64. The highest BCUT2D eigenvalue weighted by Crippen LogP contribution is 2.49. The molecule has 0 amide bonds. The summed E-state index contributed by atoms with van der Waals surface area (Å²) in [5.41, 5.74) is 13.8. The topological polar surface area (TPSA) is 102 Å². The summed E-state index contributed by atoms with van der Waals surface area (Å²) in [6.45, 7) is 9.39. The van der Waals surface area contributed by atoms with Crippen LogP contribution in [-0.4, -0.2) is 25.6 Å². The Balaban J connectivity index is 2.22. The van der Waals surface area contributed by atoms with Crippen molar-refractivity contribution in [3.63, 3.8) is 0 Å². The number of aromatic hydroxyl groups is 2. The summed E-state index contributed by atoms with van der Waals surface area (Å²) in [6.07, 6.45) is 0.830. The summed E-state index contributed by atoms with van der Waals surface area (Å²) >= 11 is 0. The zero-order chi connectivity index (χ0) is 19.3. The van der Waals surface area contributed by atoms with Gasteiger partial charge in [0.05, 0.1) is 19.0 Å². The van der Waals surface area contributed by atoms with E-state index in [1.54, 1.807) is 24.3 Å². The molecule has 0 saturated carbocycles. The minimum absolute atomic E-state index is 0.0659. The van der Waals surface area contributed by atoms with E-state index < -0.39 is 21.0 Å². The first-order valence-corrected chi connectivity index (χ1v) is 16.0. The van der Waals surface area contributed by atoms with Crippen LogP contribution in [0.5, 0.6) is 11.5 Å². The molecule has 7 heteroatoms. The fraction of sp³-hybridized carbons (Fsp3) is 0.368. The highest BCUT2D eigenvalue weighted by atomic mass is 29.3. The largest absolute Gasteiger partial charge is 0.506 e. The third-order valence-electron chi connectivity index (χ3n) is 6.15. The van der Waals surface area contributed by atoms with Crippen LogP contribution in [0.15, 0.2) is 36.4 Å². The standard InChI is InChI=1S/C19H28N2O3Si2/c1-25(2)10-9-19(24-26(25,3)4,13-5-7-17(22)15(20)11-13)14-6-8-18(23)16(21)12-14/h5-8,11-12,22-23H,9-10,20-21H2,1-4H3. The molecule has 1 saturated heterocycles. The number of anilines is 2. The Morgan fingerprint density at radius 2 is 1.35 bits per heavy atom. The number of rotatable bonds is 2. The minimum atomic E-state index is -1.95. The molecular formula is C19H28N2O3Si2. The Kier molecular flexibility index (Phi) is 4.37. The lowest BCUT2D eigenvalue weighted by molar-refractivity contribution is 0.0939. The van der Waals surface area contributed by atoms with Gasteiger partial charge in [-0.3, -0.25) is 0 Å². The molecule has 0 spiro atoms. The highest BCUT2D eigenvalue weighted by Gasteiger charge is 2.54. The van der Waals surface area contributed by atoms with Gasteiger partial charge in [0.15, 0.2) is 7.83 Å². The second kappa shape index (κ2) is 6.04. The van der Waals surface area contributed by atoms with Gasteiger partial charge in [0.25, 0.3) is 0 Å². The molecule has 2 aromatic rings. The normalized spacial score (nSPS) is 20.6. The number of benzene rings is 2. The number of hydrogen-bond donors (Lipinski definition) is 4. The van der Waals surface area contributed by atoms with Crippen molar-refractivity contribution in [2.24, 2.45) is 0 Å². The van der Waals surface area contributed by atoms with E-state index in [4.69, 9.17) is 15.9 Å². The molecule has 1 heterocycles. The number of nitrogens with two attached hydrogens (primary N) is 2. The number of nitrogen functional groups attached to an aromatic ring is 2. The molecule has 2 aromatic carbocycles. The summed E-state index contributed by atoms with van der Waals surface area (Å²) in [5.74, 6) is 0.132. The lowest BCUT2D eigenvalue weighted by atomic mass is 9.83. The van der Waals surface area contributed by atoms with Crippen LogP contribution in [0, 0.1) is 0 Å².